The fourth-order valence-corrected chi connectivity index (χ4v) is 3.96. The maximum Gasteiger partial charge on any atom is 0.261 e. The molecule has 1 amide bonds. The average molecular weight is 402 g/mol. The Morgan fingerprint density at radius 2 is 1.80 bits per heavy atom. The number of hydrogen-bond donors (Lipinski definition) is 3. The van der Waals surface area contributed by atoms with E-state index < -0.39 is 0 Å². The lowest BCUT2D eigenvalue weighted by Gasteiger charge is -2.32. The number of pyridine rings is 1. The molecule has 0 atom stereocenters. The SMILES string of the molecule is CN1CCN(C(=O)c2ccc3nc(-c4c(N)c5ccccc5[nH]c4=O)[nH]c3c2)CC1. The number of rotatable bonds is 2. The van der Waals surface area contributed by atoms with E-state index in [1.165, 1.54) is 0 Å². The van der Waals surface area contributed by atoms with Gasteiger partial charge < -0.3 is 25.5 Å². The van der Waals surface area contributed by atoms with E-state index in [-0.39, 0.29) is 11.5 Å². The summed E-state index contributed by atoms with van der Waals surface area (Å²) in [4.78, 5) is 40.2. The minimum absolute atomic E-state index is 0.00390. The van der Waals surface area contributed by atoms with Gasteiger partial charge in [0.2, 0.25) is 0 Å². The molecule has 4 aromatic rings. The van der Waals surface area contributed by atoms with Crippen LogP contribution in [-0.2, 0) is 0 Å². The van der Waals surface area contributed by atoms with Gasteiger partial charge in [-0.15, -0.1) is 0 Å². The van der Waals surface area contributed by atoms with Crippen molar-refractivity contribution in [3.05, 3.63) is 58.4 Å². The van der Waals surface area contributed by atoms with Crippen LogP contribution in [0, 0.1) is 0 Å². The minimum Gasteiger partial charge on any atom is -0.397 e. The molecular weight excluding hydrogens is 380 g/mol. The number of imidazole rings is 1. The predicted molar refractivity (Wildman–Crippen MR) is 117 cm³/mol. The van der Waals surface area contributed by atoms with Gasteiger partial charge in [-0.2, -0.15) is 0 Å². The first kappa shape index (κ1) is 18.4. The van der Waals surface area contributed by atoms with Crippen LogP contribution in [-0.4, -0.2) is 63.9 Å². The van der Waals surface area contributed by atoms with Crippen molar-refractivity contribution in [1.29, 1.82) is 0 Å². The van der Waals surface area contributed by atoms with Crippen LogP contribution in [0.3, 0.4) is 0 Å². The highest BCUT2D eigenvalue weighted by Gasteiger charge is 2.21. The molecular formula is C22H22N6O2. The number of benzene rings is 2. The van der Waals surface area contributed by atoms with Gasteiger partial charge in [-0.05, 0) is 31.3 Å². The minimum atomic E-state index is -0.306. The standard InChI is InChI=1S/C22H22N6O2/c1-27-8-10-28(11-9-27)22(30)13-6-7-16-17(12-13)25-20(24-16)18-19(23)14-4-2-3-5-15(14)26-21(18)29/h2-7,12H,8-11H2,1H3,(H,24,25)(H3,23,26,29). The Kier molecular flexibility index (Phi) is 4.29. The first-order valence-electron chi connectivity index (χ1n) is 9.90. The number of amides is 1. The summed E-state index contributed by atoms with van der Waals surface area (Å²) in [6, 6.07) is 12.8. The van der Waals surface area contributed by atoms with E-state index >= 15 is 0 Å². The number of hydrogen-bond acceptors (Lipinski definition) is 5. The van der Waals surface area contributed by atoms with Crippen molar-refractivity contribution in [1.82, 2.24) is 24.8 Å². The summed E-state index contributed by atoms with van der Waals surface area (Å²) in [7, 11) is 2.06. The average Bonchev–Trinajstić information content (AvgIpc) is 3.16. The van der Waals surface area contributed by atoms with Gasteiger partial charge in [0, 0.05) is 37.1 Å². The number of nitrogens with one attached hydrogen (secondary N) is 2. The number of aromatic nitrogens is 3. The van der Waals surface area contributed by atoms with Crippen molar-refractivity contribution in [2.75, 3.05) is 39.0 Å². The summed E-state index contributed by atoms with van der Waals surface area (Å²) in [5.41, 5.74) is 9.33. The second-order valence-corrected chi connectivity index (χ2v) is 7.70. The van der Waals surface area contributed by atoms with Crippen LogP contribution < -0.4 is 11.3 Å². The molecule has 2 aromatic carbocycles. The molecule has 0 unspecified atom stereocenters. The maximum absolute atomic E-state index is 12.9. The fraction of sp³-hybridized carbons (Fsp3) is 0.227. The van der Waals surface area contributed by atoms with E-state index in [1.54, 1.807) is 18.2 Å². The molecule has 4 N–H and O–H groups in total. The van der Waals surface area contributed by atoms with Crippen LogP contribution >= 0.6 is 0 Å². The summed E-state index contributed by atoms with van der Waals surface area (Å²) in [6.07, 6.45) is 0. The molecule has 0 bridgehead atoms. The zero-order chi connectivity index (χ0) is 20.8. The Morgan fingerprint density at radius 1 is 1.03 bits per heavy atom. The van der Waals surface area contributed by atoms with Crippen molar-refractivity contribution in [2.24, 2.45) is 0 Å². The lowest BCUT2D eigenvalue weighted by atomic mass is 10.1. The monoisotopic (exact) mass is 402 g/mol. The van der Waals surface area contributed by atoms with E-state index in [1.807, 2.05) is 29.2 Å². The first-order chi connectivity index (χ1) is 14.5. The number of aromatic amines is 2. The number of para-hydroxylation sites is 1. The highest BCUT2D eigenvalue weighted by molar-refractivity contribution is 5.99. The van der Waals surface area contributed by atoms with E-state index in [9.17, 15) is 9.59 Å². The zero-order valence-electron chi connectivity index (χ0n) is 16.6. The van der Waals surface area contributed by atoms with Gasteiger partial charge in [-0.3, -0.25) is 9.59 Å². The van der Waals surface area contributed by atoms with E-state index in [0.717, 1.165) is 18.5 Å². The molecule has 8 nitrogen and oxygen atoms in total. The molecule has 2 aromatic heterocycles. The summed E-state index contributed by atoms with van der Waals surface area (Å²) >= 11 is 0. The van der Waals surface area contributed by atoms with Crippen LogP contribution in [0.1, 0.15) is 10.4 Å². The number of nitrogen functional groups attached to an aromatic ring is 1. The maximum atomic E-state index is 12.9. The van der Waals surface area contributed by atoms with Crippen molar-refractivity contribution < 1.29 is 4.79 Å². The molecule has 3 heterocycles. The highest BCUT2D eigenvalue weighted by Crippen LogP contribution is 2.28. The zero-order valence-corrected chi connectivity index (χ0v) is 16.6. The van der Waals surface area contributed by atoms with Gasteiger partial charge in [0.25, 0.3) is 11.5 Å². The molecule has 5 rings (SSSR count). The lowest BCUT2D eigenvalue weighted by molar-refractivity contribution is 0.0664. The van der Waals surface area contributed by atoms with Gasteiger partial charge in [0.05, 0.1) is 22.2 Å². The second-order valence-electron chi connectivity index (χ2n) is 7.70. The van der Waals surface area contributed by atoms with Gasteiger partial charge >= 0.3 is 0 Å². The van der Waals surface area contributed by atoms with Crippen LogP contribution in [0.5, 0.6) is 0 Å². The Morgan fingerprint density at radius 3 is 2.60 bits per heavy atom. The number of anilines is 1. The summed E-state index contributed by atoms with van der Waals surface area (Å²) < 4.78 is 0. The molecule has 1 saturated heterocycles. The van der Waals surface area contributed by atoms with Gasteiger partial charge in [-0.25, -0.2) is 4.98 Å². The Bertz CT molecular complexity index is 1330. The quantitative estimate of drug-likeness (QED) is 0.475. The van der Waals surface area contributed by atoms with Gasteiger partial charge in [0.15, 0.2) is 0 Å². The summed E-state index contributed by atoms with van der Waals surface area (Å²) in [5, 5.41) is 0.762. The Labute approximate surface area is 172 Å². The molecule has 1 aliphatic heterocycles. The summed E-state index contributed by atoms with van der Waals surface area (Å²) in [6.45, 7) is 3.16. The van der Waals surface area contributed by atoms with Crippen LogP contribution in [0.4, 0.5) is 5.69 Å². The Hall–Kier alpha value is -3.65. The molecule has 0 radical (unpaired) electrons. The van der Waals surface area contributed by atoms with Crippen LogP contribution in [0.2, 0.25) is 0 Å². The van der Waals surface area contributed by atoms with Crippen molar-refractivity contribution >= 4 is 33.5 Å². The third-order valence-electron chi connectivity index (χ3n) is 5.72. The highest BCUT2D eigenvalue weighted by atomic mass is 16.2. The van der Waals surface area contributed by atoms with Gasteiger partial charge in [0.1, 0.15) is 11.4 Å². The molecule has 8 heteroatoms. The number of nitrogens with zero attached hydrogens (tertiary/aromatic N) is 3. The fourth-order valence-electron chi connectivity index (χ4n) is 3.96. The molecule has 0 spiro atoms. The van der Waals surface area contributed by atoms with Crippen LogP contribution in [0.15, 0.2) is 47.3 Å². The number of likely N-dealkylation sites (N-methyl/N-ethyl adjacent to an activating group) is 1. The number of carbonyl (C=O) groups excluding carboxylic acids is 1. The molecule has 1 aliphatic rings. The topological polar surface area (TPSA) is 111 Å². The second kappa shape index (κ2) is 7.00. The van der Waals surface area contributed by atoms with Crippen molar-refractivity contribution in [2.45, 2.75) is 0 Å². The lowest BCUT2D eigenvalue weighted by Crippen LogP contribution is -2.47. The van der Waals surface area contributed by atoms with E-state index in [0.29, 0.717) is 52.3 Å². The number of piperazine rings is 1. The number of fused-ring (bicyclic) bond motifs is 2. The third-order valence-corrected chi connectivity index (χ3v) is 5.72. The van der Waals surface area contributed by atoms with E-state index in [4.69, 9.17) is 5.73 Å². The molecule has 1 fully saturated rings. The van der Waals surface area contributed by atoms with Gasteiger partial charge in [-0.1, -0.05) is 18.2 Å². The Balaban J connectivity index is 1.54. The number of H-pyrrole nitrogens is 2. The normalized spacial score (nSPS) is 15.2. The third kappa shape index (κ3) is 3.02. The van der Waals surface area contributed by atoms with Crippen molar-refractivity contribution in [3.63, 3.8) is 0 Å². The predicted octanol–water partition coefficient (Wildman–Crippen LogP) is 2.04. The van der Waals surface area contributed by atoms with E-state index in [2.05, 4.69) is 26.9 Å². The first-order valence-corrected chi connectivity index (χ1v) is 9.90. The summed E-state index contributed by atoms with van der Waals surface area (Å²) in [5.74, 6) is 0.392. The molecule has 0 saturated carbocycles. The molecule has 30 heavy (non-hydrogen) atoms. The van der Waals surface area contributed by atoms with Crippen LogP contribution in [0.25, 0.3) is 33.3 Å². The number of carbonyl (C=O) groups is 1. The molecule has 152 valence electrons. The largest absolute Gasteiger partial charge is 0.397 e. The smallest absolute Gasteiger partial charge is 0.261 e. The molecule has 0 aliphatic carbocycles. The number of nitrogens with two attached hydrogens (primary N) is 1. The van der Waals surface area contributed by atoms with Crippen molar-refractivity contribution in [3.8, 4) is 11.4 Å².